The Morgan fingerprint density at radius 1 is 1.14 bits per heavy atom. The van der Waals surface area contributed by atoms with Crippen LogP contribution in [-0.2, 0) is 6.42 Å². The Bertz CT molecular complexity index is 479. The quantitative estimate of drug-likeness (QED) is 0.723. The summed E-state index contributed by atoms with van der Waals surface area (Å²) in [5, 5.41) is 14.6. The Morgan fingerprint density at radius 2 is 1.71 bits per heavy atom. The van der Waals surface area contributed by atoms with Crippen molar-refractivity contribution in [2.45, 2.75) is 45.6 Å². The molecule has 1 aromatic carbocycles. The van der Waals surface area contributed by atoms with Gasteiger partial charge in [-0.05, 0) is 43.9 Å². The van der Waals surface area contributed by atoms with Crippen LogP contribution >= 0.6 is 0 Å². The van der Waals surface area contributed by atoms with Crippen LogP contribution in [0.15, 0.2) is 24.3 Å². The third-order valence-corrected chi connectivity index (χ3v) is 3.88. The van der Waals surface area contributed by atoms with Crippen molar-refractivity contribution < 1.29 is 14.7 Å². The number of carboxylic acids is 1. The summed E-state index contributed by atoms with van der Waals surface area (Å²) in [6, 6.07) is 6.52. The minimum atomic E-state index is -0.933. The Morgan fingerprint density at radius 3 is 2.19 bits per heavy atom. The van der Waals surface area contributed by atoms with Crippen LogP contribution in [-0.4, -0.2) is 29.2 Å². The van der Waals surface area contributed by atoms with Gasteiger partial charge in [0.05, 0.1) is 5.56 Å². The van der Waals surface area contributed by atoms with Crippen LogP contribution in [0, 0.1) is 0 Å². The molecule has 0 saturated carbocycles. The van der Waals surface area contributed by atoms with E-state index in [1.54, 1.807) is 24.3 Å². The van der Waals surface area contributed by atoms with Crippen molar-refractivity contribution >= 4 is 12.0 Å². The smallest absolute Gasteiger partial charge is 0.335 e. The molecule has 1 aromatic rings. The molecule has 0 radical (unpaired) electrons. The van der Waals surface area contributed by atoms with Crippen LogP contribution in [0.1, 0.15) is 49.5 Å². The summed E-state index contributed by atoms with van der Waals surface area (Å²) in [6.45, 7) is 6.64. The summed E-state index contributed by atoms with van der Waals surface area (Å²) in [5.41, 5.74) is 1.09. The molecule has 5 nitrogen and oxygen atoms in total. The average molecular weight is 292 g/mol. The van der Waals surface area contributed by atoms with Crippen LogP contribution < -0.4 is 10.6 Å². The summed E-state index contributed by atoms with van der Waals surface area (Å²) >= 11 is 0. The van der Waals surface area contributed by atoms with E-state index in [4.69, 9.17) is 5.11 Å². The van der Waals surface area contributed by atoms with E-state index in [9.17, 15) is 9.59 Å². The summed E-state index contributed by atoms with van der Waals surface area (Å²) < 4.78 is 0. The molecular formula is C16H24N2O3. The maximum Gasteiger partial charge on any atom is 0.335 e. The molecule has 21 heavy (non-hydrogen) atoms. The van der Waals surface area contributed by atoms with E-state index < -0.39 is 5.97 Å². The number of hydrogen-bond acceptors (Lipinski definition) is 2. The summed E-state index contributed by atoms with van der Waals surface area (Å²) in [6.07, 6.45) is 2.43. The van der Waals surface area contributed by atoms with Crippen LogP contribution in [0.3, 0.4) is 0 Å². The standard InChI is InChI=1S/C16H24N2O3/c1-4-16(3,5-2)18-15(21)17-11-10-12-6-8-13(9-7-12)14(19)20/h6-9H,4-5,10-11H2,1-3H3,(H,19,20)(H2,17,18,21). The van der Waals surface area contributed by atoms with E-state index in [-0.39, 0.29) is 17.1 Å². The average Bonchev–Trinajstić information content (AvgIpc) is 2.47. The zero-order valence-electron chi connectivity index (χ0n) is 12.9. The molecule has 0 unspecified atom stereocenters. The summed E-state index contributed by atoms with van der Waals surface area (Å²) in [7, 11) is 0. The lowest BCUT2D eigenvalue weighted by Crippen LogP contribution is -2.49. The number of carboxylic acid groups (broad SMARTS) is 1. The molecule has 116 valence electrons. The fourth-order valence-electron chi connectivity index (χ4n) is 1.88. The minimum Gasteiger partial charge on any atom is -0.478 e. The zero-order chi connectivity index (χ0) is 15.9. The number of benzene rings is 1. The van der Waals surface area contributed by atoms with Gasteiger partial charge in [0.15, 0.2) is 0 Å². The van der Waals surface area contributed by atoms with E-state index >= 15 is 0 Å². The van der Waals surface area contributed by atoms with E-state index in [0.29, 0.717) is 13.0 Å². The first-order valence-corrected chi connectivity index (χ1v) is 7.28. The number of hydrogen-bond donors (Lipinski definition) is 3. The highest BCUT2D eigenvalue weighted by Crippen LogP contribution is 2.12. The fraction of sp³-hybridized carbons (Fsp3) is 0.500. The number of carbonyl (C=O) groups excluding carboxylic acids is 1. The number of amides is 2. The second-order valence-electron chi connectivity index (χ2n) is 5.40. The van der Waals surface area contributed by atoms with Crippen LogP contribution in [0.2, 0.25) is 0 Å². The van der Waals surface area contributed by atoms with Crippen molar-refractivity contribution in [3.8, 4) is 0 Å². The topological polar surface area (TPSA) is 78.4 Å². The third kappa shape index (κ3) is 5.45. The highest BCUT2D eigenvalue weighted by Gasteiger charge is 2.21. The molecule has 0 aliphatic rings. The van der Waals surface area contributed by atoms with E-state index in [1.165, 1.54) is 0 Å². The first-order chi connectivity index (χ1) is 9.90. The molecule has 0 spiro atoms. The summed E-state index contributed by atoms with van der Waals surface area (Å²) in [5.74, 6) is -0.933. The number of nitrogens with one attached hydrogen (secondary N) is 2. The van der Waals surface area contributed by atoms with Crippen molar-refractivity contribution in [3.63, 3.8) is 0 Å². The van der Waals surface area contributed by atoms with Crippen molar-refractivity contribution in [2.24, 2.45) is 0 Å². The van der Waals surface area contributed by atoms with E-state index in [0.717, 1.165) is 18.4 Å². The normalized spacial score (nSPS) is 11.0. The van der Waals surface area contributed by atoms with Gasteiger partial charge in [-0.3, -0.25) is 0 Å². The monoisotopic (exact) mass is 292 g/mol. The zero-order valence-corrected chi connectivity index (χ0v) is 12.9. The van der Waals surface area contributed by atoms with Gasteiger partial charge in [-0.1, -0.05) is 26.0 Å². The van der Waals surface area contributed by atoms with Gasteiger partial charge in [0, 0.05) is 12.1 Å². The Balaban J connectivity index is 2.39. The maximum atomic E-state index is 11.8. The molecule has 0 aromatic heterocycles. The largest absolute Gasteiger partial charge is 0.478 e. The number of rotatable bonds is 7. The SMILES string of the molecule is CCC(C)(CC)NC(=O)NCCc1ccc(C(=O)O)cc1. The van der Waals surface area contributed by atoms with Crippen LogP contribution in [0.5, 0.6) is 0 Å². The molecule has 5 heteroatoms. The first kappa shape index (κ1) is 17.0. The molecule has 2 amide bonds. The highest BCUT2D eigenvalue weighted by atomic mass is 16.4. The first-order valence-electron chi connectivity index (χ1n) is 7.28. The summed E-state index contributed by atoms with van der Waals surface area (Å²) in [4.78, 5) is 22.6. The molecule has 0 aliphatic heterocycles. The van der Waals surface area contributed by atoms with Gasteiger partial charge in [0.25, 0.3) is 0 Å². The van der Waals surface area contributed by atoms with Crippen molar-refractivity contribution in [2.75, 3.05) is 6.54 Å². The fourth-order valence-corrected chi connectivity index (χ4v) is 1.88. The van der Waals surface area contributed by atoms with Crippen molar-refractivity contribution in [1.82, 2.24) is 10.6 Å². The lowest BCUT2D eigenvalue weighted by Gasteiger charge is -2.28. The molecule has 0 heterocycles. The molecule has 0 saturated heterocycles. The molecular weight excluding hydrogens is 268 g/mol. The number of aromatic carboxylic acids is 1. The van der Waals surface area contributed by atoms with Gasteiger partial charge in [-0.15, -0.1) is 0 Å². The van der Waals surface area contributed by atoms with Gasteiger partial charge in [0.1, 0.15) is 0 Å². The van der Waals surface area contributed by atoms with Gasteiger partial charge in [-0.2, -0.15) is 0 Å². The van der Waals surface area contributed by atoms with Crippen molar-refractivity contribution in [3.05, 3.63) is 35.4 Å². The predicted octanol–water partition coefficient (Wildman–Crippen LogP) is 2.81. The lowest BCUT2D eigenvalue weighted by atomic mass is 9.96. The minimum absolute atomic E-state index is 0.164. The van der Waals surface area contributed by atoms with Crippen LogP contribution in [0.4, 0.5) is 4.79 Å². The third-order valence-electron chi connectivity index (χ3n) is 3.88. The van der Waals surface area contributed by atoms with E-state index in [2.05, 4.69) is 10.6 Å². The van der Waals surface area contributed by atoms with Crippen molar-refractivity contribution in [1.29, 1.82) is 0 Å². The second-order valence-corrected chi connectivity index (χ2v) is 5.40. The Labute approximate surface area is 125 Å². The highest BCUT2D eigenvalue weighted by molar-refractivity contribution is 5.87. The molecule has 0 fully saturated rings. The molecule has 0 aliphatic carbocycles. The Kier molecular flexibility index (Phi) is 6.21. The van der Waals surface area contributed by atoms with Gasteiger partial charge in [0.2, 0.25) is 0 Å². The molecule has 1 rings (SSSR count). The molecule has 0 bridgehead atoms. The molecule has 3 N–H and O–H groups in total. The van der Waals surface area contributed by atoms with Gasteiger partial charge >= 0.3 is 12.0 Å². The molecule has 0 atom stereocenters. The Hall–Kier alpha value is -2.04. The van der Waals surface area contributed by atoms with Gasteiger partial charge < -0.3 is 15.7 Å². The van der Waals surface area contributed by atoms with Crippen LogP contribution in [0.25, 0.3) is 0 Å². The lowest BCUT2D eigenvalue weighted by molar-refractivity contribution is 0.0697. The second kappa shape index (κ2) is 7.67. The number of carbonyl (C=O) groups is 2. The predicted molar refractivity (Wildman–Crippen MR) is 82.6 cm³/mol. The maximum absolute atomic E-state index is 11.8. The van der Waals surface area contributed by atoms with Gasteiger partial charge in [-0.25, -0.2) is 9.59 Å². The van der Waals surface area contributed by atoms with E-state index in [1.807, 2.05) is 20.8 Å². The number of urea groups is 1.